The van der Waals surface area contributed by atoms with Crippen molar-refractivity contribution in [3.05, 3.63) is 35.4 Å². The van der Waals surface area contributed by atoms with Gasteiger partial charge in [0.25, 0.3) is 0 Å². The molecule has 0 spiro atoms. The number of carbonyl (C=O) groups excluding carboxylic acids is 1. The molecule has 0 amide bonds. The largest absolute Gasteiger partial charge is 0.458 e. The van der Waals surface area contributed by atoms with Crippen LogP contribution in [0.3, 0.4) is 0 Å². The topological polar surface area (TPSA) is 26.3 Å². The lowest BCUT2D eigenvalue weighted by Gasteiger charge is -2.18. The van der Waals surface area contributed by atoms with Crippen molar-refractivity contribution < 1.29 is 9.53 Å². The lowest BCUT2D eigenvalue weighted by molar-refractivity contribution is -0.147. The molecule has 1 aromatic rings. The third-order valence-electron chi connectivity index (χ3n) is 4.10. The van der Waals surface area contributed by atoms with E-state index in [2.05, 4.69) is 45.0 Å². The molecular formula is C20H32O2. The molecule has 0 heterocycles. The minimum atomic E-state index is -0.191. The van der Waals surface area contributed by atoms with E-state index >= 15 is 0 Å². The predicted molar refractivity (Wildman–Crippen MR) is 93.0 cm³/mol. The Bertz CT molecular complexity index is 420. The van der Waals surface area contributed by atoms with Crippen LogP contribution in [-0.2, 0) is 9.53 Å². The van der Waals surface area contributed by atoms with Crippen LogP contribution in [0.4, 0.5) is 0 Å². The molecule has 22 heavy (non-hydrogen) atoms. The Morgan fingerprint density at radius 2 is 1.50 bits per heavy atom. The van der Waals surface area contributed by atoms with Crippen molar-refractivity contribution in [2.24, 2.45) is 0 Å². The second-order valence-corrected chi connectivity index (χ2v) is 6.48. The standard InChI is InChI=1S/C20H32O2/c1-5-6-7-8-9-10-11-20(22-17(4)21)19-14-12-18(13-15-19)16(2)3/h12-16,20H,5-11H2,1-4H3. The van der Waals surface area contributed by atoms with Gasteiger partial charge in [-0.25, -0.2) is 0 Å². The van der Waals surface area contributed by atoms with E-state index in [0.29, 0.717) is 5.92 Å². The minimum Gasteiger partial charge on any atom is -0.458 e. The number of unbranched alkanes of at least 4 members (excludes halogenated alkanes) is 5. The Kier molecular flexibility index (Phi) is 8.88. The van der Waals surface area contributed by atoms with Crippen molar-refractivity contribution >= 4 is 5.97 Å². The van der Waals surface area contributed by atoms with Crippen LogP contribution in [-0.4, -0.2) is 5.97 Å². The van der Waals surface area contributed by atoms with Gasteiger partial charge < -0.3 is 4.74 Å². The van der Waals surface area contributed by atoms with Crippen molar-refractivity contribution in [3.8, 4) is 0 Å². The van der Waals surface area contributed by atoms with Crippen molar-refractivity contribution in [2.75, 3.05) is 0 Å². The summed E-state index contributed by atoms with van der Waals surface area (Å²) in [5.41, 5.74) is 2.44. The van der Waals surface area contributed by atoms with E-state index in [1.54, 1.807) is 0 Å². The highest BCUT2D eigenvalue weighted by molar-refractivity contribution is 5.66. The highest BCUT2D eigenvalue weighted by Crippen LogP contribution is 2.26. The molecule has 2 nitrogen and oxygen atoms in total. The van der Waals surface area contributed by atoms with Crippen LogP contribution < -0.4 is 0 Å². The Hall–Kier alpha value is -1.31. The molecule has 0 radical (unpaired) electrons. The van der Waals surface area contributed by atoms with Gasteiger partial charge in [-0.05, 0) is 29.9 Å². The van der Waals surface area contributed by atoms with Crippen LogP contribution in [0.15, 0.2) is 24.3 Å². The summed E-state index contributed by atoms with van der Waals surface area (Å²) in [6.07, 6.45) is 8.37. The van der Waals surface area contributed by atoms with E-state index < -0.39 is 0 Å². The number of benzene rings is 1. The Labute approximate surface area is 136 Å². The SMILES string of the molecule is CCCCCCCCC(OC(C)=O)c1ccc(C(C)C)cc1. The maximum atomic E-state index is 11.4. The highest BCUT2D eigenvalue weighted by atomic mass is 16.5. The maximum Gasteiger partial charge on any atom is 0.303 e. The summed E-state index contributed by atoms with van der Waals surface area (Å²) in [5.74, 6) is 0.337. The van der Waals surface area contributed by atoms with Gasteiger partial charge >= 0.3 is 5.97 Å². The number of carbonyl (C=O) groups is 1. The first-order chi connectivity index (χ1) is 10.5. The monoisotopic (exact) mass is 304 g/mol. The lowest BCUT2D eigenvalue weighted by atomic mass is 9.97. The van der Waals surface area contributed by atoms with E-state index in [0.717, 1.165) is 18.4 Å². The smallest absolute Gasteiger partial charge is 0.303 e. The molecule has 2 heteroatoms. The summed E-state index contributed by atoms with van der Waals surface area (Å²) < 4.78 is 5.53. The number of hydrogen-bond acceptors (Lipinski definition) is 2. The Morgan fingerprint density at radius 1 is 0.955 bits per heavy atom. The molecule has 0 saturated heterocycles. The summed E-state index contributed by atoms with van der Waals surface area (Å²) in [6, 6.07) is 8.52. The van der Waals surface area contributed by atoms with Crippen LogP contribution >= 0.6 is 0 Å². The van der Waals surface area contributed by atoms with Gasteiger partial charge in [0, 0.05) is 6.92 Å². The van der Waals surface area contributed by atoms with E-state index in [1.807, 2.05) is 0 Å². The van der Waals surface area contributed by atoms with Gasteiger partial charge in [0.15, 0.2) is 0 Å². The number of ether oxygens (including phenoxy) is 1. The number of rotatable bonds is 10. The fourth-order valence-electron chi connectivity index (χ4n) is 2.70. The normalized spacial score (nSPS) is 12.4. The summed E-state index contributed by atoms with van der Waals surface area (Å²) in [4.78, 5) is 11.4. The van der Waals surface area contributed by atoms with Gasteiger partial charge in [-0.15, -0.1) is 0 Å². The van der Waals surface area contributed by atoms with Gasteiger partial charge in [0.2, 0.25) is 0 Å². The van der Waals surface area contributed by atoms with E-state index in [4.69, 9.17) is 4.74 Å². The van der Waals surface area contributed by atoms with E-state index in [1.165, 1.54) is 44.6 Å². The zero-order valence-electron chi connectivity index (χ0n) is 14.7. The number of esters is 1. The summed E-state index contributed by atoms with van der Waals surface area (Å²) in [6.45, 7) is 8.11. The van der Waals surface area contributed by atoms with Gasteiger partial charge in [-0.2, -0.15) is 0 Å². The average Bonchev–Trinajstić information content (AvgIpc) is 2.49. The molecule has 0 aliphatic carbocycles. The zero-order valence-corrected chi connectivity index (χ0v) is 14.7. The van der Waals surface area contributed by atoms with Crippen LogP contribution in [0.1, 0.15) is 95.8 Å². The first-order valence-corrected chi connectivity index (χ1v) is 8.81. The fourth-order valence-corrected chi connectivity index (χ4v) is 2.70. The average molecular weight is 304 g/mol. The molecule has 1 rings (SSSR count). The molecule has 1 aromatic carbocycles. The van der Waals surface area contributed by atoms with Gasteiger partial charge in [-0.1, -0.05) is 77.1 Å². The maximum absolute atomic E-state index is 11.4. The molecular weight excluding hydrogens is 272 g/mol. The molecule has 0 saturated carbocycles. The predicted octanol–water partition coefficient (Wildman–Crippen LogP) is 6.16. The fraction of sp³-hybridized carbons (Fsp3) is 0.650. The van der Waals surface area contributed by atoms with Gasteiger partial charge in [0.05, 0.1) is 0 Å². The second-order valence-electron chi connectivity index (χ2n) is 6.48. The summed E-state index contributed by atoms with van der Waals surface area (Å²) >= 11 is 0. The quantitative estimate of drug-likeness (QED) is 0.382. The molecule has 1 unspecified atom stereocenters. The molecule has 1 atom stereocenters. The minimum absolute atomic E-state index is 0.0927. The molecule has 0 N–H and O–H groups in total. The first kappa shape index (κ1) is 18.7. The molecule has 0 bridgehead atoms. The Morgan fingerprint density at radius 3 is 2.05 bits per heavy atom. The third-order valence-corrected chi connectivity index (χ3v) is 4.10. The van der Waals surface area contributed by atoms with Crippen LogP contribution in [0.5, 0.6) is 0 Å². The number of hydrogen-bond donors (Lipinski definition) is 0. The Balaban J connectivity index is 2.54. The second kappa shape index (κ2) is 10.4. The summed E-state index contributed by atoms with van der Waals surface area (Å²) in [7, 11) is 0. The third kappa shape index (κ3) is 7.11. The van der Waals surface area contributed by atoms with E-state index in [-0.39, 0.29) is 12.1 Å². The molecule has 124 valence electrons. The van der Waals surface area contributed by atoms with Gasteiger partial charge in [0.1, 0.15) is 6.10 Å². The first-order valence-electron chi connectivity index (χ1n) is 8.81. The highest BCUT2D eigenvalue weighted by Gasteiger charge is 2.14. The molecule has 0 aliphatic rings. The summed E-state index contributed by atoms with van der Waals surface area (Å²) in [5, 5.41) is 0. The molecule has 0 aliphatic heterocycles. The van der Waals surface area contributed by atoms with Crippen molar-refractivity contribution in [2.45, 2.75) is 84.7 Å². The van der Waals surface area contributed by atoms with Crippen molar-refractivity contribution in [1.82, 2.24) is 0 Å². The molecule has 0 aromatic heterocycles. The van der Waals surface area contributed by atoms with Crippen LogP contribution in [0, 0.1) is 0 Å². The van der Waals surface area contributed by atoms with Crippen molar-refractivity contribution in [1.29, 1.82) is 0 Å². The van der Waals surface area contributed by atoms with Crippen LogP contribution in [0.25, 0.3) is 0 Å². The lowest BCUT2D eigenvalue weighted by Crippen LogP contribution is -2.09. The van der Waals surface area contributed by atoms with Crippen molar-refractivity contribution in [3.63, 3.8) is 0 Å². The molecule has 0 fully saturated rings. The van der Waals surface area contributed by atoms with Gasteiger partial charge in [-0.3, -0.25) is 4.79 Å². The zero-order chi connectivity index (χ0) is 16.4. The van der Waals surface area contributed by atoms with E-state index in [9.17, 15) is 4.79 Å². The van der Waals surface area contributed by atoms with Crippen LogP contribution in [0.2, 0.25) is 0 Å².